The summed E-state index contributed by atoms with van der Waals surface area (Å²) in [6.45, 7) is 2.12. The van der Waals surface area contributed by atoms with Crippen molar-refractivity contribution in [2.45, 2.75) is 31.6 Å². The van der Waals surface area contributed by atoms with E-state index in [2.05, 4.69) is 0 Å². The standard InChI is InChI=1S/C31H29NO5/c1-20-28(31(35)37-17-16-36-25-10-6-3-7-11-25)29(22-12-14-24(33)15-13-22)30-26(32-20)18-23(19-27(30)34)21-8-4-2-5-9-21/h2-15,23,28-29,33H,16-19H2,1H3/t23-,28?,29-/m1/s1. The minimum atomic E-state index is -0.739. The number of esters is 1. The summed E-state index contributed by atoms with van der Waals surface area (Å²) in [6.07, 6.45) is 0.988. The number of rotatable bonds is 7. The van der Waals surface area contributed by atoms with Crippen LogP contribution in [0, 0.1) is 5.92 Å². The molecule has 0 bridgehead atoms. The number of aliphatic imine (C=N–C) groups is 1. The summed E-state index contributed by atoms with van der Waals surface area (Å²) in [5.41, 5.74) is 3.81. The molecule has 1 heterocycles. The van der Waals surface area contributed by atoms with Crippen molar-refractivity contribution in [1.29, 1.82) is 0 Å². The average molecular weight is 496 g/mol. The molecule has 0 saturated heterocycles. The number of ketones is 1. The molecule has 6 heteroatoms. The molecule has 188 valence electrons. The lowest BCUT2D eigenvalue weighted by atomic mass is 9.69. The SMILES string of the molecule is CC1=NC2=C(C(=O)C[C@H](c3ccccc3)C2)[C@H](c2ccc(O)cc2)C1C(=O)OCCOc1ccccc1. The van der Waals surface area contributed by atoms with Gasteiger partial charge in [0.25, 0.3) is 0 Å². The number of para-hydroxylation sites is 1. The Morgan fingerprint density at radius 3 is 2.27 bits per heavy atom. The van der Waals surface area contributed by atoms with Gasteiger partial charge in [0.15, 0.2) is 5.78 Å². The Kier molecular flexibility index (Phi) is 7.17. The summed E-state index contributed by atoms with van der Waals surface area (Å²) in [4.78, 5) is 31.8. The van der Waals surface area contributed by atoms with E-state index >= 15 is 0 Å². The third kappa shape index (κ3) is 5.33. The number of benzene rings is 3. The van der Waals surface area contributed by atoms with Crippen molar-refractivity contribution in [3.63, 3.8) is 0 Å². The van der Waals surface area contributed by atoms with Crippen LogP contribution in [0.1, 0.15) is 42.7 Å². The maximum Gasteiger partial charge on any atom is 0.315 e. The Labute approximate surface area is 216 Å². The number of nitrogens with zero attached hydrogens (tertiary/aromatic N) is 1. The fraction of sp³-hybridized carbons (Fsp3) is 0.258. The second-order valence-corrected chi connectivity index (χ2v) is 9.43. The van der Waals surface area contributed by atoms with Crippen LogP contribution in [-0.4, -0.2) is 35.8 Å². The fourth-order valence-corrected chi connectivity index (χ4v) is 5.28. The lowest BCUT2D eigenvalue weighted by molar-refractivity contribution is -0.147. The van der Waals surface area contributed by atoms with Crippen molar-refractivity contribution in [3.05, 3.63) is 107 Å². The van der Waals surface area contributed by atoms with Crippen molar-refractivity contribution in [1.82, 2.24) is 0 Å². The minimum absolute atomic E-state index is 0.00496. The van der Waals surface area contributed by atoms with E-state index in [4.69, 9.17) is 14.5 Å². The summed E-state index contributed by atoms with van der Waals surface area (Å²) in [5.74, 6) is -0.850. The van der Waals surface area contributed by atoms with Gasteiger partial charge in [0.05, 0.1) is 0 Å². The van der Waals surface area contributed by atoms with Gasteiger partial charge in [-0.05, 0) is 54.7 Å². The number of hydrogen-bond donors (Lipinski definition) is 1. The van der Waals surface area contributed by atoms with Crippen LogP contribution in [0.4, 0.5) is 0 Å². The number of allylic oxidation sites excluding steroid dienone is 2. The second-order valence-electron chi connectivity index (χ2n) is 9.43. The first-order chi connectivity index (χ1) is 18.0. The summed E-state index contributed by atoms with van der Waals surface area (Å²) in [7, 11) is 0. The molecule has 3 atom stereocenters. The molecule has 0 spiro atoms. The topological polar surface area (TPSA) is 85.2 Å². The van der Waals surface area contributed by atoms with Gasteiger partial charge in [-0.3, -0.25) is 14.6 Å². The molecular weight excluding hydrogens is 466 g/mol. The number of carbonyl (C=O) groups excluding carboxylic acids is 2. The Bertz CT molecular complexity index is 1330. The van der Waals surface area contributed by atoms with E-state index in [-0.39, 0.29) is 30.7 Å². The van der Waals surface area contributed by atoms with Crippen LogP contribution < -0.4 is 4.74 Å². The molecule has 1 aliphatic heterocycles. The summed E-state index contributed by atoms with van der Waals surface area (Å²) >= 11 is 0. The summed E-state index contributed by atoms with van der Waals surface area (Å²) in [5, 5.41) is 9.86. The third-order valence-corrected chi connectivity index (χ3v) is 7.01. The quantitative estimate of drug-likeness (QED) is 0.341. The van der Waals surface area contributed by atoms with E-state index in [1.54, 1.807) is 24.3 Å². The highest BCUT2D eigenvalue weighted by Gasteiger charge is 2.44. The van der Waals surface area contributed by atoms with E-state index in [1.165, 1.54) is 0 Å². The molecule has 0 aromatic heterocycles. The average Bonchev–Trinajstić information content (AvgIpc) is 2.91. The van der Waals surface area contributed by atoms with Gasteiger partial charge < -0.3 is 14.6 Å². The van der Waals surface area contributed by atoms with Gasteiger partial charge in [-0.25, -0.2) is 0 Å². The molecule has 6 nitrogen and oxygen atoms in total. The molecule has 3 aromatic carbocycles. The summed E-state index contributed by atoms with van der Waals surface area (Å²) < 4.78 is 11.3. The molecule has 0 radical (unpaired) electrons. The van der Waals surface area contributed by atoms with E-state index in [0.717, 1.165) is 16.8 Å². The van der Waals surface area contributed by atoms with Crippen molar-refractivity contribution < 1.29 is 24.2 Å². The van der Waals surface area contributed by atoms with E-state index < -0.39 is 17.8 Å². The predicted octanol–water partition coefficient (Wildman–Crippen LogP) is 5.59. The van der Waals surface area contributed by atoms with Crippen LogP contribution in [-0.2, 0) is 14.3 Å². The maximum absolute atomic E-state index is 13.6. The Balaban J connectivity index is 1.41. The number of phenolic OH excluding ortho intramolecular Hbond substituents is 1. The first-order valence-corrected chi connectivity index (χ1v) is 12.5. The molecule has 0 saturated carbocycles. The van der Waals surface area contributed by atoms with Gasteiger partial charge in [0.1, 0.15) is 30.6 Å². The molecule has 2 aliphatic rings. The molecule has 37 heavy (non-hydrogen) atoms. The number of carbonyl (C=O) groups is 2. The van der Waals surface area contributed by atoms with Crippen LogP contribution in [0.25, 0.3) is 0 Å². The molecule has 5 rings (SSSR count). The zero-order valence-electron chi connectivity index (χ0n) is 20.7. The van der Waals surface area contributed by atoms with Crippen LogP contribution >= 0.6 is 0 Å². The third-order valence-electron chi connectivity index (χ3n) is 7.01. The van der Waals surface area contributed by atoms with Gasteiger partial charge >= 0.3 is 5.97 Å². The van der Waals surface area contributed by atoms with Crippen LogP contribution in [0.3, 0.4) is 0 Å². The molecule has 3 aromatic rings. The monoisotopic (exact) mass is 495 g/mol. The second kappa shape index (κ2) is 10.8. The lowest BCUT2D eigenvalue weighted by Crippen LogP contribution is -2.38. The number of hydrogen-bond acceptors (Lipinski definition) is 6. The van der Waals surface area contributed by atoms with E-state index in [9.17, 15) is 14.7 Å². The first kappa shape index (κ1) is 24.5. The van der Waals surface area contributed by atoms with Gasteiger partial charge in [-0.2, -0.15) is 0 Å². The molecule has 1 aliphatic carbocycles. The molecular formula is C31H29NO5. The van der Waals surface area contributed by atoms with Crippen LogP contribution in [0.2, 0.25) is 0 Å². The maximum atomic E-state index is 13.6. The Morgan fingerprint density at radius 2 is 1.57 bits per heavy atom. The molecule has 0 fully saturated rings. The minimum Gasteiger partial charge on any atom is -0.508 e. The first-order valence-electron chi connectivity index (χ1n) is 12.5. The zero-order valence-corrected chi connectivity index (χ0v) is 20.7. The number of ether oxygens (including phenoxy) is 2. The van der Waals surface area contributed by atoms with E-state index in [0.29, 0.717) is 29.9 Å². The lowest BCUT2D eigenvalue weighted by Gasteiger charge is -2.36. The highest BCUT2D eigenvalue weighted by Crippen LogP contribution is 2.47. The van der Waals surface area contributed by atoms with Gasteiger partial charge in [0, 0.05) is 29.3 Å². The van der Waals surface area contributed by atoms with E-state index in [1.807, 2.05) is 67.6 Å². The van der Waals surface area contributed by atoms with Crippen LogP contribution in [0.15, 0.2) is 101 Å². The normalized spacial score (nSPS) is 21.2. The number of phenols is 1. The fourth-order valence-electron chi connectivity index (χ4n) is 5.28. The highest BCUT2D eigenvalue weighted by molar-refractivity contribution is 6.09. The molecule has 1 unspecified atom stereocenters. The number of Topliss-reactive ketones (excluding diaryl/α,β-unsaturated/α-hetero) is 1. The Morgan fingerprint density at radius 1 is 0.892 bits per heavy atom. The number of aromatic hydroxyl groups is 1. The van der Waals surface area contributed by atoms with Crippen LogP contribution in [0.5, 0.6) is 11.5 Å². The van der Waals surface area contributed by atoms with Gasteiger partial charge in [-0.15, -0.1) is 0 Å². The largest absolute Gasteiger partial charge is 0.508 e. The molecule has 0 amide bonds. The zero-order chi connectivity index (χ0) is 25.8. The van der Waals surface area contributed by atoms with Crippen molar-refractivity contribution in [3.8, 4) is 11.5 Å². The van der Waals surface area contributed by atoms with Crippen molar-refractivity contribution >= 4 is 17.5 Å². The van der Waals surface area contributed by atoms with Crippen molar-refractivity contribution in [2.24, 2.45) is 10.9 Å². The Hall–Kier alpha value is -4.19. The van der Waals surface area contributed by atoms with Crippen molar-refractivity contribution in [2.75, 3.05) is 13.2 Å². The highest BCUT2D eigenvalue weighted by atomic mass is 16.6. The molecule has 1 N–H and O–H groups in total. The smallest absolute Gasteiger partial charge is 0.315 e. The summed E-state index contributed by atoms with van der Waals surface area (Å²) in [6, 6.07) is 26.0. The van der Waals surface area contributed by atoms with Gasteiger partial charge in [-0.1, -0.05) is 60.7 Å². The predicted molar refractivity (Wildman–Crippen MR) is 141 cm³/mol. The van der Waals surface area contributed by atoms with Gasteiger partial charge in [0.2, 0.25) is 0 Å².